The average molecular weight is 362 g/mol. The molecule has 0 aromatic heterocycles. The molecule has 0 saturated carbocycles. The summed E-state index contributed by atoms with van der Waals surface area (Å²) < 4.78 is 27.5. The van der Waals surface area contributed by atoms with Crippen molar-refractivity contribution >= 4 is 15.9 Å². The monoisotopic (exact) mass is 362 g/mol. The summed E-state index contributed by atoms with van der Waals surface area (Å²) in [5, 5.41) is 8.81. The van der Waals surface area contributed by atoms with E-state index in [1.165, 1.54) is 5.48 Å². The quantitative estimate of drug-likeness (QED) is 0.610. The van der Waals surface area contributed by atoms with Crippen LogP contribution in [0.5, 0.6) is 0 Å². The summed E-state index contributed by atoms with van der Waals surface area (Å²) in [4.78, 5) is 11.8. The predicted octanol–water partition coefficient (Wildman–Crippen LogP) is 2.31. The van der Waals surface area contributed by atoms with Crippen LogP contribution in [0.25, 0.3) is 0 Å². The summed E-state index contributed by atoms with van der Waals surface area (Å²) in [6.45, 7) is 4.93. The molecule has 2 aromatic carbocycles. The zero-order valence-corrected chi connectivity index (χ0v) is 15.3. The van der Waals surface area contributed by atoms with Gasteiger partial charge in [-0.1, -0.05) is 48.0 Å². The first-order valence-corrected chi connectivity index (χ1v) is 9.24. The first kappa shape index (κ1) is 19.1. The molecule has 0 spiro atoms. The fourth-order valence-corrected chi connectivity index (χ4v) is 4.71. The van der Waals surface area contributed by atoms with E-state index in [0.717, 1.165) is 15.4 Å². The molecule has 1 amide bonds. The predicted molar refractivity (Wildman–Crippen MR) is 94.6 cm³/mol. The van der Waals surface area contributed by atoms with Crippen LogP contribution in [0.15, 0.2) is 47.4 Å². The molecule has 0 heterocycles. The molecule has 134 valence electrons. The number of rotatable bonds is 6. The Hall–Kier alpha value is -2.22. The van der Waals surface area contributed by atoms with Gasteiger partial charge in [-0.15, -0.1) is 0 Å². The Morgan fingerprint density at radius 2 is 1.64 bits per heavy atom. The number of nitrogens with one attached hydrogen (secondary N) is 1. The third kappa shape index (κ3) is 4.45. The lowest BCUT2D eigenvalue weighted by molar-refractivity contribution is -0.129. The van der Waals surface area contributed by atoms with Crippen molar-refractivity contribution in [1.82, 2.24) is 9.79 Å². The van der Waals surface area contributed by atoms with Gasteiger partial charge < -0.3 is 0 Å². The molecule has 0 radical (unpaired) electrons. The molecular formula is C18H22N2O4S. The van der Waals surface area contributed by atoms with Crippen molar-refractivity contribution in [2.75, 3.05) is 6.54 Å². The highest BCUT2D eigenvalue weighted by Gasteiger charge is 2.29. The maximum absolute atomic E-state index is 13.2. The van der Waals surface area contributed by atoms with Crippen LogP contribution in [0.2, 0.25) is 0 Å². The molecule has 0 aliphatic heterocycles. The molecule has 25 heavy (non-hydrogen) atoms. The van der Waals surface area contributed by atoms with Gasteiger partial charge in [0.25, 0.3) is 5.91 Å². The summed E-state index contributed by atoms with van der Waals surface area (Å²) in [6, 6.07) is 12.6. The highest BCUT2D eigenvalue weighted by Crippen LogP contribution is 2.26. The summed E-state index contributed by atoms with van der Waals surface area (Å²) in [5.74, 6) is -0.790. The number of amides is 1. The molecule has 0 aliphatic rings. The lowest BCUT2D eigenvalue weighted by Crippen LogP contribution is -2.39. The zero-order chi connectivity index (χ0) is 18.6. The molecule has 0 bridgehead atoms. The zero-order valence-electron chi connectivity index (χ0n) is 14.5. The van der Waals surface area contributed by atoms with E-state index in [1.807, 2.05) is 13.0 Å². The third-order valence-corrected chi connectivity index (χ3v) is 5.95. The largest absolute Gasteiger partial charge is 0.289 e. The number of hydroxylamine groups is 1. The van der Waals surface area contributed by atoms with Crippen molar-refractivity contribution in [1.29, 1.82) is 0 Å². The lowest BCUT2D eigenvalue weighted by atomic mass is 10.1. The first-order valence-electron chi connectivity index (χ1n) is 7.80. The SMILES string of the molecule is Cc1cc(C)c(S(=O)(=O)N(CC(=O)NO)Cc2ccccc2)c(C)c1. The average Bonchev–Trinajstić information content (AvgIpc) is 2.53. The van der Waals surface area contributed by atoms with E-state index in [9.17, 15) is 13.2 Å². The first-order chi connectivity index (χ1) is 11.8. The van der Waals surface area contributed by atoms with Crippen molar-refractivity contribution in [2.24, 2.45) is 0 Å². The Labute approximate surface area is 148 Å². The summed E-state index contributed by atoms with van der Waals surface area (Å²) in [6.07, 6.45) is 0. The molecule has 0 aliphatic carbocycles. The molecule has 2 aromatic rings. The lowest BCUT2D eigenvalue weighted by Gasteiger charge is -2.23. The second kappa shape index (κ2) is 7.77. The van der Waals surface area contributed by atoms with E-state index < -0.39 is 22.5 Å². The second-order valence-electron chi connectivity index (χ2n) is 6.02. The van der Waals surface area contributed by atoms with Crippen LogP contribution in [-0.4, -0.2) is 30.4 Å². The van der Waals surface area contributed by atoms with Crippen LogP contribution in [-0.2, 0) is 21.4 Å². The van der Waals surface area contributed by atoms with Gasteiger partial charge >= 0.3 is 0 Å². The van der Waals surface area contributed by atoms with Crippen LogP contribution in [0.3, 0.4) is 0 Å². The van der Waals surface area contributed by atoms with Gasteiger partial charge in [-0.05, 0) is 37.5 Å². The fraction of sp³-hybridized carbons (Fsp3) is 0.278. The minimum atomic E-state index is -3.92. The number of nitrogens with zero attached hydrogens (tertiary/aromatic N) is 1. The van der Waals surface area contributed by atoms with Crippen LogP contribution < -0.4 is 5.48 Å². The van der Waals surface area contributed by atoms with Crippen LogP contribution in [0, 0.1) is 20.8 Å². The second-order valence-corrected chi connectivity index (χ2v) is 7.90. The molecule has 0 unspecified atom stereocenters. The van der Waals surface area contributed by atoms with Gasteiger partial charge in [0, 0.05) is 6.54 Å². The van der Waals surface area contributed by atoms with Crippen molar-refractivity contribution in [2.45, 2.75) is 32.2 Å². The number of hydrogen-bond acceptors (Lipinski definition) is 4. The standard InChI is InChI=1S/C18H22N2O4S/c1-13-9-14(2)18(15(3)10-13)25(23,24)20(12-17(21)19-22)11-16-7-5-4-6-8-16/h4-10,22H,11-12H2,1-3H3,(H,19,21). The molecule has 2 N–H and O–H groups in total. The van der Waals surface area contributed by atoms with Crippen LogP contribution in [0.4, 0.5) is 0 Å². The summed E-state index contributed by atoms with van der Waals surface area (Å²) >= 11 is 0. The Morgan fingerprint density at radius 3 is 2.16 bits per heavy atom. The molecule has 0 atom stereocenters. The Balaban J connectivity index is 2.50. The third-order valence-electron chi connectivity index (χ3n) is 3.85. The van der Waals surface area contributed by atoms with Gasteiger partial charge in [0.15, 0.2) is 0 Å². The summed E-state index contributed by atoms with van der Waals surface area (Å²) in [5.41, 5.74) is 4.47. The van der Waals surface area contributed by atoms with Gasteiger partial charge in [0.05, 0.1) is 11.4 Å². The number of sulfonamides is 1. The Bertz CT molecular complexity index is 841. The van der Waals surface area contributed by atoms with Crippen LogP contribution in [0.1, 0.15) is 22.3 Å². The highest BCUT2D eigenvalue weighted by molar-refractivity contribution is 7.89. The van der Waals surface area contributed by atoms with E-state index in [2.05, 4.69) is 0 Å². The van der Waals surface area contributed by atoms with Crippen molar-refractivity contribution in [3.05, 3.63) is 64.7 Å². The summed E-state index contributed by atoms with van der Waals surface area (Å²) in [7, 11) is -3.92. The number of carbonyl (C=O) groups excluding carboxylic acids is 1. The number of carbonyl (C=O) groups is 1. The maximum atomic E-state index is 13.2. The smallest absolute Gasteiger partial charge is 0.258 e. The number of aryl methyl sites for hydroxylation is 3. The van der Waals surface area contributed by atoms with Gasteiger partial charge in [-0.2, -0.15) is 4.31 Å². The Morgan fingerprint density at radius 1 is 1.08 bits per heavy atom. The number of hydrogen-bond donors (Lipinski definition) is 2. The molecule has 6 nitrogen and oxygen atoms in total. The van der Waals surface area contributed by atoms with Crippen molar-refractivity contribution in [3.63, 3.8) is 0 Å². The van der Waals surface area contributed by atoms with E-state index in [0.29, 0.717) is 11.1 Å². The Kier molecular flexibility index (Phi) is 5.94. The molecule has 0 saturated heterocycles. The van der Waals surface area contributed by atoms with E-state index in [-0.39, 0.29) is 11.4 Å². The van der Waals surface area contributed by atoms with E-state index in [4.69, 9.17) is 5.21 Å². The molecule has 2 rings (SSSR count). The number of benzene rings is 2. The van der Waals surface area contributed by atoms with Gasteiger partial charge in [0.1, 0.15) is 0 Å². The van der Waals surface area contributed by atoms with Gasteiger partial charge in [-0.25, -0.2) is 13.9 Å². The normalized spacial score (nSPS) is 11.6. The minimum Gasteiger partial charge on any atom is -0.289 e. The van der Waals surface area contributed by atoms with Crippen molar-refractivity contribution in [3.8, 4) is 0 Å². The van der Waals surface area contributed by atoms with Crippen molar-refractivity contribution < 1.29 is 18.4 Å². The van der Waals surface area contributed by atoms with E-state index >= 15 is 0 Å². The molecular weight excluding hydrogens is 340 g/mol. The highest BCUT2D eigenvalue weighted by atomic mass is 32.2. The minimum absolute atomic E-state index is 0.0311. The molecule has 0 fully saturated rings. The van der Waals surface area contributed by atoms with Gasteiger partial charge in [-0.3, -0.25) is 10.0 Å². The van der Waals surface area contributed by atoms with E-state index in [1.54, 1.807) is 50.2 Å². The fourth-order valence-electron chi connectivity index (χ4n) is 2.91. The molecule has 7 heteroatoms. The van der Waals surface area contributed by atoms with Crippen LogP contribution >= 0.6 is 0 Å². The van der Waals surface area contributed by atoms with Gasteiger partial charge in [0.2, 0.25) is 10.0 Å². The topological polar surface area (TPSA) is 86.7 Å². The maximum Gasteiger partial charge on any atom is 0.258 e.